The molecular formula is C24H21Cl2NO4. The monoisotopic (exact) mass is 457 g/mol. The summed E-state index contributed by atoms with van der Waals surface area (Å²) in [5.41, 5.74) is 1.75. The van der Waals surface area contributed by atoms with Crippen LogP contribution in [0.3, 0.4) is 0 Å². The lowest BCUT2D eigenvalue weighted by atomic mass is 10.1. The van der Waals surface area contributed by atoms with E-state index in [1.54, 1.807) is 48.5 Å². The lowest BCUT2D eigenvalue weighted by Crippen LogP contribution is -2.28. The van der Waals surface area contributed by atoms with Gasteiger partial charge in [-0.2, -0.15) is 0 Å². The minimum absolute atomic E-state index is 0.0232. The third-order valence-corrected chi connectivity index (χ3v) is 4.78. The van der Waals surface area contributed by atoms with E-state index < -0.39 is 0 Å². The number of carbonyl (C=O) groups is 2. The first-order chi connectivity index (χ1) is 15.0. The second kappa shape index (κ2) is 11.4. The van der Waals surface area contributed by atoms with E-state index in [0.717, 1.165) is 11.1 Å². The summed E-state index contributed by atoms with van der Waals surface area (Å²) in [4.78, 5) is 24.2. The SMILES string of the molecule is O=C(COc1ccc(Cl)cc1)Cc1cccc(CNC(=O)COc2ccc(Cl)cc2)c1. The van der Waals surface area contributed by atoms with Gasteiger partial charge in [-0.3, -0.25) is 9.59 Å². The maximum atomic E-state index is 12.2. The van der Waals surface area contributed by atoms with E-state index >= 15 is 0 Å². The highest BCUT2D eigenvalue weighted by atomic mass is 35.5. The Kier molecular flexibility index (Phi) is 8.33. The Hall–Kier alpha value is -3.02. The van der Waals surface area contributed by atoms with Crippen LogP contribution < -0.4 is 14.8 Å². The molecule has 7 heteroatoms. The number of hydrogen-bond donors (Lipinski definition) is 1. The molecule has 0 spiro atoms. The van der Waals surface area contributed by atoms with Crippen LogP contribution in [0.5, 0.6) is 11.5 Å². The standard InChI is InChI=1S/C24H21Cl2NO4/c25-19-4-8-22(9-5-19)30-15-21(28)13-17-2-1-3-18(12-17)14-27-24(29)16-31-23-10-6-20(26)7-11-23/h1-12H,13-16H2,(H,27,29). The molecule has 0 saturated heterocycles. The molecular weight excluding hydrogens is 437 g/mol. The summed E-state index contributed by atoms with van der Waals surface area (Å²) < 4.78 is 10.9. The van der Waals surface area contributed by atoms with Crippen LogP contribution in [0.2, 0.25) is 10.0 Å². The molecule has 0 fully saturated rings. The van der Waals surface area contributed by atoms with Gasteiger partial charge in [0, 0.05) is 23.0 Å². The molecule has 3 aromatic rings. The van der Waals surface area contributed by atoms with Crippen molar-refractivity contribution in [1.82, 2.24) is 5.32 Å². The third-order valence-electron chi connectivity index (χ3n) is 4.28. The van der Waals surface area contributed by atoms with E-state index in [0.29, 0.717) is 28.1 Å². The summed E-state index contributed by atoms with van der Waals surface area (Å²) in [6.45, 7) is 0.221. The van der Waals surface area contributed by atoms with Crippen molar-refractivity contribution in [3.05, 3.63) is 94.0 Å². The average molecular weight is 458 g/mol. The Balaban J connectivity index is 1.42. The van der Waals surface area contributed by atoms with Crippen LogP contribution in [0, 0.1) is 0 Å². The molecule has 160 valence electrons. The molecule has 0 aliphatic rings. The van der Waals surface area contributed by atoms with Crippen LogP contribution in [-0.2, 0) is 22.6 Å². The minimum Gasteiger partial charge on any atom is -0.486 e. The highest BCUT2D eigenvalue weighted by molar-refractivity contribution is 6.30. The zero-order chi connectivity index (χ0) is 22.1. The first-order valence-corrected chi connectivity index (χ1v) is 10.4. The molecule has 5 nitrogen and oxygen atoms in total. The third kappa shape index (κ3) is 7.96. The maximum absolute atomic E-state index is 12.2. The molecule has 0 bridgehead atoms. The van der Waals surface area contributed by atoms with Crippen LogP contribution in [0.1, 0.15) is 11.1 Å². The van der Waals surface area contributed by atoms with Gasteiger partial charge in [-0.1, -0.05) is 47.5 Å². The summed E-state index contributed by atoms with van der Waals surface area (Å²) in [6, 6.07) is 21.1. The molecule has 3 rings (SSSR count). The van der Waals surface area contributed by atoms with Crippen molar-refractivity contribution in [2.24, 2.45) is 0 Å². The molecule has 0 aliphatic heterocycles. The minimum atomic E-state index is -0.243. The fraction of sp³-hybridized carbons (Fsp3) is 0.167. The highest BCUT2D eigenvalue weighted by Crippen LogP contribution is 2.16. The van der Waals surface area contributed by atoms with Crippen molar-refractivity contribution < 1.29 is 19.1 Å². The molecule has 0 unspecified atom stereocenters. The van der Waals surface area contributed by atoms with Gasteiger partial charge in [-0.25, -0.2) is 0 Å². The van der Waals surface area contributed by atoms with Crippen molar-refractivity contribution in [2.75, 3.05) is 13.2 Å². The summed E-state index contributed by atoms with van der Waals surface area (Å²) in [5, 5.41) is 4.02. The number of hydrogen-bond acceptors (Lipinski definition) is 4. The Morgan fingerprint density at radius 2 is 1.29 bits per heavy atom. The molecule has 0 radical (unpaired) electrons. The number of Topliss-reactive ketones (excluding diaryl/α,β-unsaturated/α-hetero) is 1. The van der Waals surface area contributed by atoms with Crippen molar-refractivity contribution in [3.8, 4) is 11.5 Å². The van der Waals surface area contributed by atoms with Crippen molar-refractivity contribution in [2.45, 2.75) is 13.0 Å². The van der Waals surface area contributed by atoms with Gasteiger partial charge in [-0.05, 0) is 59.7 Å². The molecule has 0 saturated carbocycles. The van der Waals surface area contributed by atoms with Gasteiger partial charge in [0.2, 0.25) is 0 Å². The Morgan fingerprint density at radius 1 is 0.742 bits per heavy atom. The van der Waals surface area contributed by atoms with Gasteiger partial charge in [0.25, 0.3) is 5.91 Å². The smallest absolute Gasteiger partial charge is 0.258 e. The van der Waals surface area contributed by atoms with Crippen molar-refractivity contribution >= 4 is 34.9 Å². The molecule has 3 aromatic carbocycles. The predicted octanol–water partition coefficient (Wildman–Crippen LogP) is 4.88. The van der Waals surface area contributed by atoms with E-state index in [4.69, 9.17) is 32.7 Å². The lowest BCUT2D eigenvalue weighted by Gasteiger charge is -2.09. The van der Waals surface area contributed by atoms with Crippen molar-refractivity contribution in [1.29, 1.82) is 0 Å². The predicted molar refractivity (Wildman–Crippen MR) is 121 cm³/mol. The molecule has 31 heavy (non-hydrogen) atoms. The number of amides is 1. The fourth-order valence-corrected chi connectivity index (χ4v) is 3.01. The normalized spacial score (nSPS) is 10.4. The molecule has 0 aromatic heterocycles. The first kappa shape index (κ1) is 22.7. The summed E-state index contributed by atoms with van der Waals surface area (Å²) >= 11 is 11.7. The lowest BCUT2D eigenvalue weighted by molar-refractivity contribution is -0.123. The largest absolute Gasteiger partial charge is 0.486 e. The second-order valence-corrected chi connectivity index (χ2v) is 7.67. The molecule has 0 heterocycles. The summed E-state index contributed by atoms with van der Waals surface area (Å²) in [6.07, 6.45) is 0.245. The van der Waals surface area contributed by atoms with E-state index in [9.17, 15) is 9.59 Å². The molecule has 1 amide bonds. The Bertz CT molecular complexity index is 1020. The van der Waals surface area contributed by atoms with Gasteiger partial charge in [0.15, 0.2) is 12.4 Å². The van der Waals surface area contributed by atoms with Gasteiger partial charge in [0.1, 0.15) is 18.1 Å². The highest BCUT2D eigenvalue weighted by Gasteiger charge is 2.07. The van der Waals surface area contributed by atoms with Crippen LogP contribution in [0.4, 0.5) is 0 Å². The Morgan fingerprint density at radius 3 is 1.90 bits per heavy atom. The molecule has 1 N–H and O–H groups in total. The number of nitrogens with one attached hydrogen (secondary N) is 1. The number of ether oxygens (including phenoxy) is 2. The second-order valence-electron chi connectivity index (χ2n) is 6.80. The van der Waals surface area contributed by atoms with Gasteiger partial charge < -0.3 is 14.8 Å². The van der Waals surface area contributed by atoms with Gasteiger partial charge >= 0.3 is 0 Å². The number of halogens is 2. The van der Waals surface area contributed by atoms with Crippen molar-refractivity contribution in [3.63, 3.8) is 0 Å². The zero-order valence-electron chi connectivity index (χ0n) is 16.6. The Labute approximate surface area is 190 Å². The van der Waals surface area contributed by atoms with Crippen LogP contribution in [-0.4, -0.2) is 24.9 Å². The quantitative estimate of drug-likeness (QED) is 0.471. The van der Waals surface area contributed by atoms with E-state index in [-0.39, 0.29) is 31.3 Å². The van der Waals surface area contributed by atoms with Crippen LogP contribution in [0.25, 0.3) is 0 Å². The van der Waals surface area contributed by atoms with Crippen LogP contribution >= 0.6 is 23.2 Å². The number of benzene rings is 3. The van der Waals surface area contributed by atoms with E-state index in [1.165, 1.54) is 0 Å². The van der Waals surface area contributed by atoms with Gasteiger partial charge in [0.05, 0.1) is 0 Å². The molecule has 0 atom stereocenters. The maximum Gasteiger partial charge on any atom is 0.258 e. The number of rotatable bonds is 10. The summed E-state index contributed by atoms with van der Waals surface area (Å²) in [5.74, 6) is 0.871. The zero-order valence-corrected chi connectivity index (χ0v) is 18.2. The number of carbonyl (C=O) groups excluding carboxylic acids is 2. The van der Waals surface area contributed by atoms with E-state index in [2.05, 4.69) is 5.32 Å². The van der Waals surface area contributed by atoms with Crippen LogP contribution in [0.15, 0.2) is 72.8 Å². The molecule has 0 aliphatic carbocycles. The van der Waals surface area contributed by atoms with Gasteiger partial charge in [-0.15, -0.1) is 0 Å². The summed E-state index contributed by atoms with van der Waals surface area (Å²) in [7, 11) is 0. The fourth-order valence-electron chi connectivity index (χ4n) is 2.75. The average Bonchev–Trinajstić information content (AvgIpc) is 2.77. The first-order valence-electron chi connectivity index (χ1n) is 9.61. The number of ketones is 1. The van der Waals surface area contributed by atoms with E-state index in [1.807, 2.05) is 24.3 Å². The topological polar surface area (TPSA) is 64.6 Å².